The Morgan fingerprint density at radius 1 is 1.50 bits per heavy atom. The quantitative estimate of drug-likeness (QED) is 0.738. The Morgan fingerprint density at radius 2 is 2.29 bits per heavy atom. The zero-order valence-electron chi connectivity index (χ0n) is 8.25. The first-order valence-electron chi connectivity index (χ1n) is 5.12. The highest BCUT2D eigenvalue weighted by atomic mass is 32.1. The van der Waals surface area contributed by atoms with Crippen molar-refractivity contribution in [2.45, 2.75) is 38.1 Å². The van der Waals surface area contributed by atoms with Gasteiger partial charge in [0.25, 0.3) is 0 Å². The molecular weight excluding hydrogens is 190 g/mol. The molecule has 74 valence electrons. The molecule has 0 fully saturated rings. The number of rotatable bonds is 2. The van der Waals surface area contributed by atoms with Crippen LogP contribution in [-0.2, 0) is 12.8 Å². The lowest BCUT2D eigenvalue weighted by Crippen LogP contribution is -2.06. The minimum Gasteiger partial charge on any atom is -0.322 e. The first-order chi connectivity index (χ1) is 6.81. The van der Waals surface area contributed by atoms with Crippen LogP contribution in [0.4, 0.5) is 0 Å². The normalized spacial score (nSPS) is 17.1. The largest absolute Gasteiger partial charge is 0.322 e. The van der Waals surface area contributed by atoms with Crippen molar-refractivity contribution in [3.05, 3.63) is 21.4 Å². The van der Waals surface area contributed by atoms with E-state index in [4.69, 9.17) is 12.2 Å². The summed E-state index contributed by atoms with van der Waals surface area (Å²) in [6.07, 6.45) is 11.0. The highest BCUT2D eigenvalue weighted by Gasteiger charge is 2.15. The van der Waals surface area contributed by atoms with Crippen LogP contribution >= 0.6 is 11.3 Å². The van der Waals surface area contributed by atoms with Gasteiger partial charge in [0, 0.05) is 16.2 Å². The minimum absolute atomic E-state index is 0.0515. The molecule has 2 rings (SSSR count). The van der Waals surface area contributed by atoms with Gasteiger partial charge in [-0.15, -0.1) is 23.7 Å². The van der Waals surface area contributed by atoms with Crippen LogP contribution in [0.2, 0.25) is 0 Å². The van der Waals surface area contributed by atoms with E-state index >= 15 is 0 Å². The van der Waals surface area contributed by atoms with Crippen LogP contribution in [0.5, 0.6) is 0 Å². The summed E-state index contributed by atoms with van der Waals surface area (Å²) < 4.78 is 0. The predicted molar refractivity (Wildman–Crippen MR) is 61.3 cm³/mol. The van der Waals surface area contributed by atoms with Crippen molar-refractivity contribution in [1.82, 2.24) is 0 Å². The summed E-state index contributed by atoms with van der Waals surface area (Å²) in [5, 5.41) is 0. The Morgan fingerprint density at radius 3 is 3.00 bits per heavy atom. The topological polar surface area (TPSA) is 26.0 Å². The van der Waals surface area contributed by atoms with Gasteiger partial charge in [0.05, 0.1) is 6.04 Å². The summed E-state index contributed by atoms with van der Waals surface area (Å²) in [4.78, 5) is 2.81. The third-order valence-electron chi connectivity index (χ3n) is 2.72. The molecule has 0 amide bonds. The van der Waals surface area contributed by atoms with Crippen molar-refractivity contribution in [2.24, 2.45) is 5.73 Å². The first kappa shape index (κ1) is 9.76. The van der Waals surface area contributed by atoms with Crippen molar-refractivity contribution in [2.75, 3.05) is 0 Å². The van der Waals surface area contributed by atoms with Crippen LogP contribution < -0.4 is 5.73 Å². The Labute approximate surface area is 89.3 Å². The molecule has 0 saturated carbocycles. The van der Waals surface area contributed by atoms with Gasteiger partial charge in [-0.25, -0.2) is 0 Å². The molecule has 1 aromatic rings. The van der Waals surface area contributed by atoms with E-state index in [1.54, 1.807) is 4.88 Å². The molecule has 0 saturated heterocycles. The number of hydrogen-bond acceptors (Lipinski definition) is 2. The summed E-state index contributed by atoms with van der Waals surface area (Å²) in [7, 11) is 0. The van der Waals surface area contributed by atoms with E-state index in [1.807, 2.05) is 11.3 Å². The molecule has 0 aliphatic heterocycles. The van der Waals surface area contributed by atoms with Gasteiger partial charge in [0.2, 0.25) is 0 Å². The molecule has 1 heterocycles. The van der Waals surface area contributed by atoms with E-state index in [9.17, 15) is 0 Å². The van der Waals surface area contributed by atoms with Crippen LogP contribution in [0.1, 0.15) is 40.6 Å². The van der Waals surface area contributed by atoms with Crippen molar-refractivity contribution in [3.8, 4) is 12.3 Å². The molecule has 1 atom stereocenters. The van der Waals surface area contributed by atoms with E-state index in [0.717, 1.165) is 0 Å². The molecule has 1 aliphatic carbocycles. The van der Waals surface area contributed by atoms with E-state index in [0.29, 0.717) is 6.42 Å². The predicted octanol–water partition coefficient (Wildman–Crippen LogP) is 2.65. The number of terminal acetylenes is 1. The zero-order valence-corrected chi connectivity index (χ0v) is 9.07. The Hall–Kier alpha value is -0.780. The Kier molecular flexibility index (Phi) is 2.90. The number of aryl methyl sites for hydroxylation is 2. The lowest BCUT2D eigenvalue weighted by Gasteiger charge is -2.08. The Balaban J connectivity index is 2.20. The van der Waals surface area contributed by atoms with Crippen molar-refractivity contribution >= 4 is 11.3 Å². The molecule has 0 spiro atoms. The number of nitrogens with two attached hydrogens (primary N) is 1. The van der Waals surface area contributed by atoms with Gasteiger partial charge in [-0.1, -0.05) is 0 Å². The number of fused-ring (bicyclic) bond motifs is 1. The molecule has 1 unspecified atom stereocenters. The monoisotopic (exact) mass is 205 g/mol. The summed E-state index contributed by atoms with van der Waals surface area (Å²) in [5.41, 5.74) is 7.50. The lowest BCUT2D eigenvalue weighted by atomic mass is 9.98. The molecule has 1 aliphatic rings. The van der Waals surface area contributed by atoms with Crippen LogP contribution in [-0.4, -0.2) is 0 Å². The zero-order chi connectivity index (χ0) is 9.97. The second-order valence-corrected chi connectivity index (χ2v) is 4.99. The van der Waals surface area contributed by atoms with Gasteiger partial charge in [-0.3, -0.25) is 0 Å². The van der Waals surface area contributed by atoms with Gasteiger partial charge in [0.15, 0.2) is 0 Å². The minimum atomic E-state index is 0.0515. The maximum Gasteiger partial charge on any atom is 0.0500 e. The average molecular weight is 205 g/mol. The summed E-state index contributed by atoms with van der Waals surface area (Å²) in [5.74, 6) is 2.63. The third-order valence-corrected chi connectivity index (χ3v) is 4.09. The van der Waals surface area contributed by atoms with E-state index in [-0.39, 0.29) is 6.04 Å². The van der Waals surface area contributed by atoms with Gasteiger partial charge in [-0.05, 0) is 37.3 Å². The standard InChI is InChI=1S/C12H15NS/c1-2-5-10(13)12-8-9-6-3-4-7-11(9)14-12/h1,8,10H,3-7,13H2. The molecule has 14 heavy (non-hydrogen) atoms. The van der Waals surface area contributed by atoms with Crippen LogP contribution in [0, 0.1) is 12.3 Å². The number of thiophene rings is 1. The lowest BCUT2D eigenvalue weighted by molar-refractivity contribution is 0.696. The fraction of sp³-hybridized carbons (Fsp3) is 0.500. The van der Waals surface area contributed by atoms with E-state index < -0.39 is 0 Å². The Bertz CT molecular complexity index is 335. The summed E-state index contributed by atoms with van der Waals surface area (Å²) in [6, 6.07) is 2.32. The van der Waals surface area contributed by atoms with Crippen molar-refractivity contribution < 1.29 is 0 Å². The van der Waals surface area contributed by atoms with E-state index in [2.05, 4.69) is 12.0 Å². The highest BCUT2D eigenvalue weighted by molar-refractivity contribution is 7.12. The molecule has 1 nitrogen and oxygen atoms in total. The van der Waals surface area contributed by atoms with Crippen LogP contribution in [0.3, 0.4) is 0 Å². The van der Waals surface area contributed by atoms with Crippen LogP contribution in [0.15, 0.2) is 6.07 Å². The smallest absolute Gasteiger partial charge is 0.0500 e. The van der Waals surface area contributed by atoms with Gasteiger partial charge >= 0.3 is 0 Å². The molecule has 0 bridgehead atoms. The second-order valence-electron chi connectivity index (χ2n) is 3.82. The van der Waals surface area contributed by atoms with Gasteiger partial charge in [-0.2, -0.15) is 0 Å². The molecule has 1 aromatic heterocycles. The van der Waals surface area contributed by atoms with Gasteiger partial charge < -0.3 is 5.73 Å². The average Bonchev–Trinajstić information content (AvgIpc) is 2.61. The first-order valence-corrected chi connectivity index (χ1v) is 5.93. The van der Waals surface area contributed by atoms with Gasteiger partial charge in [0.1, 0.15) is 0 Å². The van der Waals surface area contributed by atoms with Crippen LogP contribution in [0.25, 0.3) is 0 Å². The van der Waals surface area contributed by atoms with Crippen molar-refractivity contribution in [3.63, 3.8) is 0 Å². The highest BCUT2D eigenvalue weighted by Crippen LogP contribution is 2.32. The number of hydrogen-bond donors (Lipinski definition) is 1. The molecule has 2 heteroatoms. The maximum atomic E-state index is 5.99. The van der Waals surface area contributed by atoms with E-state index in [1.165, 1.54) is 36.1 Å². The summed E-state index contributed by atoms with van der Waals surface area (Å²) in [6.45, 7) is 0. The summed E-state index contributed by atoms with van der Waals surface area (Å²) >= 11 is 1.86. The third kappa shape index (κ3) is 1.84. The molecule has 0 aromatic carbocycles. The fourth-order valence-corrected chi connectivity index (χ4v) is 3.18. The SMILES string of the molecule is C#CCC(N)c1cc2c(s1)CCCC2. The molecule has 2 N–H and O–H groups in total. The van der Waals surface area contributed by atoms with Crippen molar-refractivity contribution in [1.29, 1.82) is 0 Å². The fourth-order valence-electron chi connectivity index (χ4n) is 1.92. The molecular formula is C12H15NS. The maximum absolute atomic E-state index is 5.99. The molecule has 0 radical (unpaired) electrons. The second kappa shape index (κ2) is 4.16.